The van der Waals surface area contributed by atoms with Crippen molar-refractivity contribution in [2.75, 3.05) is 19.0 Å². The van der Waals surface area contributed by atoms with Gasteiger partial charge in [0.1, 0.15) is 5.82 Å². The summed E-state index contributed by atoms with van der Waals surface area (Å²) in [5, 5.41) is 11.9. The molecule has 3 rings (SSSR count). The van der Waals surface area contributed by atoms with Crippen LogP contribution in [-0.4, -0.2) is 29.8 Å². The predicted octanol–water partition coefficient (Wildman–Crippen LogP) is 3.06. The van der Waals surface area contributed by atoms with Gasteiger partial charge in [0.25, 0.3) is 0 Å². The molecule has 0 atom stereocenters. The van der Waals surface area contributed by atoms with Crippen LogP contribution in [0, 0.1) is 0 Å². The number of esters is 1. The zero-order chi connectivity index (χ0) is 15.6. The van der Waals surface area contributed by atoms with Crippen LogP contribution in [-0.2, 0) is 10.2 Å². The Hall–Kier alpha value is -2.14. The summed E-state index contributed by atoms with van der Waals surface area (Å²) in [5.74, 6) is 0.151. The maximum absolute atomic E-state index is 11.3. The summed E-state index contributed by atoms with van der Waals surface area (Å²) >= 11 is 6.07. The van der Waals surface area contributed by atoms with Crippen molar-refractivity contribution < 1.29 is 9.53 Å². The molecule has 0 unspecified atom stereocenters. The third kappa shape index (κ3) is 3.04. The summed E-state index contributed by atoms with van der Waals surface area (Å²) < 4.78 is 4.60. The van der Waals surface area contributed by atoms with Gasteiger partial charge in [-0.25, -0.2) is 4.79 Å². The molecule has 1 aliphatic carbocycles. The molecule has 114 valence electrons. The largest absolute Gasteiger partial charge is 0.464 e. The van der Waals surface area contributed by atoms with Crippen molar-refractivity contribution in [2.45, 2.75) is 18.3 Å². The lowest BCUT2D eigenvalue weighted by Gasteiger charge is -2.17. The Bertz CT molecular complexity index is 684. The molecule has 1 aliphatic rings. The summed E-state index contributed by atoms with van der Waals surface area (Å²) in [6, 6.07) is 11.3. The zero-order valence-corrected chi connectivity index (χ0v) is 12.9. The second-order valence-electron chi connectivity index (χ2n) is 5.44. The number of nitrogens with zero attached hydrogens (tertiary/aromatic N) is 2. The van der Waals surface area contributed by atoms with E-state index in [-0.39, 0.29) is 11.1 Å². The van der Waals surface area contributed by atoms with E-state index in [1.54, 1.807) is 12.1 Å². The molecule has 5 nitrogen and oxygen atoms in total. The highest BCUT2D eigenvalue weighted by Gasteiger charge is 2.44. The van der Waals surface area contributed by atoms with E-state index < -0.39 is 5.97 Å². The maximum atomic E-state index is 11.3. The standard InChI is InChI=1S/C16H16ClN3O2/c1-22-15(21)13-5-6-14(20-19-13)18-10-16(7-8-16)11-3-2-4-12(17)9-11/h2-6,9H,7-8,10H2,1H3,(H,18,20). The summed E-state index contributed by atoms with van der Waals surface area (Å²) in [6.07, 6.45) is 2.24. The van der Waals surface area contributed by atoms with Crippen molar-refractivity contribution in [1.82, 2.24) is 10.2 Å². The van der Waals surface area contributed by atoms with Gasteiger partial charge in [0.15, 0.2) is 5.69 Å². The molecule has 6 heteroatoms. The predicted molar refractivity (Wildman–Crippen MR) is 84.2 cm³/mol. The minimum atomic E-state index is -0.489. The number of halogens is 1. The number of methoxy groups -OCH3 is 1. The number of carbonyl (C=O) groups excluding carboxylic acids is 1. The monoisotopic (exact) mass is 317 g/mol. The molecule has 0 bridgehead atoms. The minimum Gasteiger partial charge on any atom is -0.464 e. The number of anilines is 1. The van der Waals surface area contributed by atoms with Gasteiger partial charge < -0.3 is 10.1 Å². The fraction of sp³-hybridized carbons (Fsp3) is 0.312. The fourth-order valence-electron chi connectivity index (χ4n) is 2.44. The van der Waals surface area contributed by atoms with E-state index in [1.165, 1.54) is 12.7 Å². The molecule has 1 aromatic heterocycles. The molecule has 22 heavy (non-hydrogen) atoms. The number of carbonyl (C=O) groups is 1. The van der Waals surface area contributed by atoms with E-state index in [1.807, 2.05) is 18.2 Å². The van der Waals surface area contributed by atoms with Gasteiger partial charge in [-0.1, -0.05) is 23.7 Å². The van der Waals surface area contributed by atoms with Gasteiger partial charge in [0, 0.05) is 17.0 Å². The Balaban J connectivity index is 1.66. The zero-order valence-electron chi connectivity index (χ0n) is 12.2. The van der Waals surface area contributed by atoms with Crippen LogP contribution < -0.4 is 5.32 Å². The number of nitrogens with one attached hydrogen (secondary N) is 1. The maximum Gasteiger partial charge on any atom is 0.358 e. The summed E-state index contributed by atoms with van der Waals surface area (Å²) in [6.45, 7) is 0.763. The SMILES string of the molecule is COC(=O)c1ccc(NCC2(c3cccc(Cl)c3)CC2)nn1. The van der Waals surface area contributed by atoms with Gasteiger partial charge in [0.2, 0.25) is 0 Å². The van der Waals surface area contributed by atoms with Crippen molar-refractivity contribution in [3.05, 3.63) is 52.7 Å². The number of ether oxygens (including phenoxy) is 1. The topological polar surface area (TPSA) is 64.1 Å². The van der Waals surface area contributed by atoms with Gasteiger partial charge in [-0.05, 0) is 42.7 Å². The van der Waals surface area contributed by atoms with Gasteiger partial charge >= 0.3 is 5.97 Å². The Morgan fingerprint density at radius 1 is 1.32 bits per heavy atom. The first-order valence-electron chi connectivity index (χ1n) is 7.05. The molecule has 1 saturated carbocycles. The van der Waals surface area contributed by atoms with Crippen LogP contribution in [0.5, 0.6) is 0 Å². The highest BCUT2D eigenvalue weighted by Crippen LogP contribution is 2.48. The quantitative estimate of drug-likeness (QED) is 0.859. The molecule has 1 fully saturated rings. The molecule has 0 aliphatic heterocycles. The summed E-state index contributed by atoms with van der Waals surface area (Å²) in [5.41, 5.74) is 1.56. The number of hydrogen-bond acceptors (Lipinski definition) is 5. The third-order valence-electron chi connectivity index (χ3n) is 3.96. The highest BCUT2D eigenvalue weighted by molar-refractivity contribution is 6.30. The first-order valence-corrected chi connectivity index (χ1v) is 7.43. The van der Waals surface area contributed by atoms with Gasteiger partial charge in [0.05, 0.1) is 7.11 Å². The van der Waals surface area contributed by atoms with Crippen LogP contribution in [0.3, 0.4) is 0 Å². The lowest BCUT2D eigenvalue weighted by molar-refractivity contribution is 0.0593. The Kier molecular flexibility index (Phi) is 3.98. The van der Waals surface area contributed by atoms with E-state index in [2.05, 4.69) is 26.3 Å². The van der Waals surface area contributed by atoms with Crippen LogP contribution in [0.4, 0.5) is 5.82 Å². The van der Waals surface area contributed by atoms with Gasteiger partial charge in [-0.15, -0.1) is 10.2 Å². The van der Waals surface area contributed by atoms with Crippen molar-refractivity contribution in [2.24, 2.45) is 0 Å². The van der Waals surface area contributed by atoms with Crippen molar-refractivity contribution in [1.29, 1.82) is 0 Å². The summed E-state index contributed by atoms with van der Waals surface area (Å²) in [4.78, 5) is 11.3. The van der Waals surface area contributed by atoms with E-state index in [9.17, 15) is 4.79 Å². The Morgan fingerprint density at radius 2 is 2.14 bits per heavy atom. The van der Waals surface area contributed by atoms with Crippen LogP contribution in [0.1, 0.15) is 28.9 Å². The molecule has 1 heterocycles. The minimum absolute atomic E-state index is 0.119. The lowest BCUT2D eigenvalue weighted by atomic mass is 9.96. The van der Waals surface area contributed by atoms with Gasteiger partial charge in [-0.3, -0.25) is 0 Å². The molecule has 1 N–H and O–H groups in total. The molecular formula is C16H16ClN3O2. The normalized spacial score (nSPS) is 15.2. The fourth-order valence-corrected chi connectivity index (χ4v) is 2.63. The van der Waals surface area contributed by atoms with Crippen LogP contribution in [0.15, 0.2) is 36.4 Å². The first kappa shape index (κ1) is 14.8. The Labute approximate surface area is 133 Å². The number of rotatable bonds is 5. The number of benzene rings is 1. The van der Waals surface area contributed by atoms with E-state index in [0.29, 0.717) is 5.82 Å². The molecule has 2 aromatic rings. The van der Waals surface area contributed by atoms with Gasteiger partial charge in [-0.2, -0.15) is 0 Å². The van der Waals surface area contributed by atoms with E-state index in [0.717, 1.165) is 24.4 Å². The average molecular weight is 318 g/mol. The molecule has 1 aromatic carbocycles. The smallest absolute Gasteiger partial charge is 0.358 e. The Morgan fingerprint density at radius 3 is 2.73 bits per heavy atom. The second kappa shape index (κ2) is 5.93. The molecular weight excluding hydrogens is 302 g/mol. The van der Waals surface area contributed by atoms with Crippen LogP contribution in [0.2, 0.25) is 5.02 Å². The highest BCUT2D eigenvalue weighted by atomic mass is 35.5. The van der Waals surface area contributed by atoms with Crippen molar-refractivity contribution in [3.63, 3.8) is 0 Å². The number of aromatic nitrogens is 2. The van der Waals surface area contributed by atoms with Crippen LogP contribution >= 0.6 is 11.6 Å². The van der Waals surface area contributed by atoms with E-state index >= 15 is 0 Å². The van der Waals surface area contributed by atoms with Crippen molar-refractivity contribution in [3.8, 4) is 0 Å². The third-order valence-corrected chi connectivity index (χ3v) is 4.19. The first-order chi connectivity index (χ1) is 10.6. The average Bonchev–Trinajstić information content (AvgIpc) is 3.34. The molecule has 0 saturated heterocycles. The number of hydrogen-bond donors (Lipinski definition) is 1. The molecule has 0 amide bonds. The van der Waals surface area contributed by atoms with E-state index in [4.69, 9.17) is 11.6 Å². The summed E-state index contributed by atoms with van der Waals surface area (Å²) in [7, 11) is 1.32. The molecule has 0 spiro atoms. The van der Waals surface area contributed by atoms with Crippen LogP contribution in [0.25, 0.3) is 0 Å². The lowest BCUT2D eigenvalue weighted by Crippen LogP contribution is -2.20. The van der Waals surface area contributed by atoms with Crippen molar-refractivity contribution >= 4 is 23.4 Å². The molecule has 0 radical (unpaired) electrons. The second-order valence-corrected chi connectivity index (χ2v) is 5.88.